The quantitative estimate of drug-likeness (QED) is 0.347. The second-order valence-corrected chi connectivity index (χ2v) is 6.32. The number of hydrogen-bond acceptors (Lipinski definition) is 2. The maximum atomic E-state index is 12.1. The maximum Gasteiger partial charge on any atom is 0.338 e. The van der Waals surface area contributed by atoms with Crippen molar-refractivity contribution in [1.82, 2.24) is 0 Å². The number of carbonyl (C=O) groups excluding carboxylic acids is 1. The molecule has 0 heterocycles. The minimum absolute atomic E-state index is 0.0411. The highest BCUT2D eigenvalue weighted by Crippen LogP contribution is 2.17. The van der Waals surface area contributed by atoms with Crippen molar-refractivity contribution < 1.29 is 9.53 Å². The normalized spacial score (nSPS) is 12.1. The van der Waals surface area contributed by atoms with Crippen LogP contribution in [0.15, 0.2) is 24.3 Å². The van der Waals surface area contributed by atoms with Crippen LogP contribution in [-0.4, -0.2) is 12.1 Å². The number of benzene rings is 1. The standard InChI is InChI=1S/C19H29ClO2/c1-3-5-6-7-8-9-11-18(10-4-2)22-19(21)16-12-14-17(20)15-13-16/h12-15,18H,3-11H2,1-2H3. The lowest BCUT2D eigenvalue weighted by Crippen LogP contribution is -2.18. The number of halogens is 1. The Morgan fingerprint density at radius 2 is 1.59 bits per heavy atom. The minimum atomic E-state index is -0.235. The molecule has 0 amide bonds. The molecule has 0 saturated carbocycles. The Balaban J connectivity index is 2.36. The fourth-order valence-electron chi connectivity index (χ4n) is 2.54. The molecule has 0 radical (unpaired) electrons. The molecular weight excluding hydrogens is 296 g/mol. The topological polar surface area (TPSA) is 26.3 Å². The van der Waals surface area contributed by atoms with Gasteiger partial charge in [-0.05, 0) is 43.5 Å². The number of carbonyl (C=O) groups is 1. The number of unbranched alkanes of at least 4 members (excludes halogenated alkanes) is 5. The molecule has 0 spiro atoms. The summed E-state index contributed by atoms with van der Waals surface area (Å²) < 4.78 is 5.66. The van der Waals surface area contributed by atoms with E-state index in [1.165, 1.54) is 32.1 Å². The number of ether oxygens (including phenoxy) is 1. The van der Waals surface area contributed by atoms with Crippen LogP contribution < -0.4 is 0 Å². The average Bonchev–Trinajstić information content (AvgIpc) is 2.51. The molecular formula is C19H29ClO2. The van der Waals surface area contributed by atoms with Crippen molar-refractivity contribution >= 4 is 17.6 Å². The van der Waals surface area contributed by atoms with Gasteiger partial charge in [-0.1, -0.05) is 64.0 Å². The van der Waals surface area contributed by atoms with E-state index in [0.717, 1.165) is 25.7 Å². The molecule has 1 rings (SSSR count). The van der Waals surface area contributed by atoms with Crippen molar-refractivity contribution in [3.8, 4) is 0 Å². The van der Waals surface area contributed by atoms with E-state index in [0.29, 0.717) is 10.6 Å². The van der Waals surface area contributed by atoms with Crippen LogP contribution in [0.5, 0.6) is 0 Å². The first kappa shape index (κ1) is 19.0. The molecule has 0 bridgehead atoms. The molecule has 0 aromatic heterocycles. The molecule has 0 aliphatic carbocycles. The van der Waals surface area contributed by atoms with Crippen LogP contribution in [0.2, 0.25) is 5.02 Å². The first-order valence-electron chi connectivity index (χ1n) is 8.64. The minimum Gasteiger partial charge on any atom is -0.459 e. The summed E-state index contributed by atoms with van der Waals surface area (Å²) in [5, 5.41) is 0.633. The Labute approximate surface area is 140 Å². The lowest BCUT2D eigenvalue weighted by Gasteiger charge is -2.17. The monoisotopic (exact) mass is 324 g/mol. The molecule has 124 valence electrons. The lowest BCUT2D eigenvalue weighted by atomic mass is 10.0. The summed E-state index contributed by atoms with van der Waals surface area (Å²) in [7, 11) is 0. The average molecular weight is 325 g/mol. The van der Waals surface area contributed by atoms with Gasteiger partial charge in [0.15, 0.2) is 0 Å². The summed E-state index contributed by atoms with van der Waals surface area (Å²) >= 11 is 5.84. The molecule has 1 aromatic rings. The van der Waals surface area contributed by atoms with Crippen LogP contribution in [0, 0.1) is 0 Å². The van der Waals surface area contributed by atoms with E-state index in [1.54, 1.807) is 24.3 Å². The van der Waals surface area contributed by atoms with Gasteiger partial charge in [0, 0.05) is 5.02 Å². The number of rotatable bonds is 11. The van der Waals surface area contributed by atoms with E-state index in [1.807, 2.05) is 0 Å². The second-order valence-electron chi connectivity index (χ2n) is 5.88. The molecule has 0 aliphatic rings. The van der Waals surface area contributed by atoms with Crippen LogP contribution in [0.1, 0.15) is 82.0 Å². The summed E-state index contributed by atoms with van der Waals surface area (Å²) in [5.74, 6) is -0.235. The third kappa shape index (κ3) is 7.84. The van der Waals surface area contributed by atoms with Crippen LogP contribution >= 0.6 is 11.6 Å². The summed E-state index contributed by atoms with van der Waals surface area (Å²) in [6, 6.07) is 6.89. The van der Waals surface area contributed by atoms with Crippen molar-refractivity contribution in [2.75, 3.05) is 0 Å². The maximum absolute atomic E-state index is 12.1. The molecule has 3 heteroatoms. The molecule has 0 aliphatic heterocycles. The van der Waals surface area contributed by atoms with Crippen LogP contribution in [0.3, 0.4) is 0 Å². The van der Waals surface area contributed by atoms with Gasteiger partial charge >= 0.3 is 5.97 Å². The third-order valence-corrected chi connectivity index (χ3v) is 4.10. The zero-order valence-electron chi connectivity index (χ0n) is 13.9. The van der Waals surface area contributed by atoms with Crippen molar-refractivity contribution in [2.24, 2.45) is 0 Å². The Morgan fingerprint density at radius 1 is 0.955 bits per heavy atom. The SMILES string of the molecule is CCCCCCCCC(CCC)OC(=O)c1ccc(Cl)cc1. The van der Waals surface area contributed by atoms with Gasteiger partial charge in [0.05, 0.1) is 5.56 Å². The Kier molecular flexibility index (Phi) is 9.98. The van der Waals surface area contributed by atoms with Crippen LogP contribution in [-0.2, 0) is 4.74 Å². The highest BCUT2D eigenvalue weighted by Gasteiger charge is 2.15. The summed E-state index contributed by atoms with van der Waals surface area (Å²) in [4.78, 5) is 12.1. The van der Waals surface area contributed by atoms with E-state index < -0.39 is 0 Å². The second kappa shape index (κ2) is 11.5. The van der Waals surface area contributed by atoms with Gasteiger partial charge in [-0.2, -0.15) is 0 Å². The largest absolute Gasteiger partial charge is 0.459 e. The predicted molar refractivity (Wildman–Crippen MR) is 93.6 cm³/mol. The lowest BCUT2D eigenvalue weighted by molar-refractivity contribution is 0.0253. The van der Waals surface area contributed by atoms with Crippen LogP contribution in [0.4, 0.5) is 0 Å². The van der Waals surface area contributed by atoms with E-state index >= 15 is 0 Å². The summed E-state index contributed by atoms with van der Waals surface area (Å²) in [6.45, 7) is 4.36. The zero-order chi connectivity index (χ0) is 16.2. The van der Waals surface area contributed by atoms with E-state index in [2.05, 4.69) is 13.8 Å². The Hall–Kier alpha value is -1.02. The summed E-state index contributed by atoms with van der Waals surface area (Å²) in [5.41, 5.74) is 0.577. The van der Waals surface area contributed by atoms with E-state index in [9.17, 15) is 4.79 Å². The van der Waals surface area contributed by atoms with Gasteiger partial charge in [0.2, 0.25) is 0 Å². The van der Waals surface area contributed by atoms with E-state index in [4.69, 9.17) is 16.3 Å². The van der Waals surface area contributed by atoms with Crippen molar-refractivity contribution in [1.29, 1.82) is 0 Å². The molecule has 1 unspecified atom stereocenters. The smallest absolute Gasteiger partial charge is 0.338 e. The van der Waals surface area contributed by atoms with Crippen molar-refractivity contribution in [3.05, 3.63) is 34.9 Å². The Bertz CT molecular complexity index is 414. The molecule has 0 N–H and O–H groups in total. The number of hydrogen-bond donors (Lipinski definition) is 0. The van der Waals surface area contributed by atoms with Crippen molar-refractivity contribution in [3.63, 3.8) is 0 Å². The van der Waals surface area contributed by atoms with Crippen molar-refractivity contribution in [2.45, 2.75) is 77.7 Å². The Morgan fingerprint density at radius 3 is 2.23 bits per heavy atom. The first-order chi connectivity index (χ1) is 10.7. The van der Waals surface area contributed by atoms with Gasteiger partial charge in [0.1, 0.15) is 6.10 Å². The van der Waals surface area contributed by atoms with Gasteiger partial charge in [-0.3, -0.25) is 0 Å². The molecule has 2 nitrogen and oxygen atoms in total. The zero-order valence-corrected chi connectivity index (χ0v) is 14.7. The highest BCUT2D eigenvalue weighted by molar-refractivity contribution is 6.30. The van der Waals surface area contributed by atoms with E-state index in [-0.39, 0.29) is 12.1 Å². The highest BCUT2D eigenvalue weighted by atomic mass is 35.5. The molecule has 1 aromatic carbocycles. The third-order valence-electron chi connectivity index (χ3n) is 3.84. The fraction of sp³-hybridized carbons (Fsp3) is 0.632. The molecule has 22 heavy (non-hydrogen) atoms. The van der Waals surface area contributed by atoms with Gasteiger partial charge in [0.25, 0.3) is 0 Å². The van der Waals surface area contributed by atoms with Gasteiger partial charge in [-0.25, -0.2) is 4.79 Å². The van der Waals surface area contributed by atoms with Crippen LogP contribution in [0.25, 0.3) is 0 Å². The molecule has 0 saturated heterocycles. The summed E-state index contributed by atoms with van der Waals surface area (Å²) in [6.07, 6.45) is 10.6. The first-order valence-corrected chi connectivity index (χ1v) is 9.01. The fourth-order valence-corrected chi connectivity index (χ4v) is 2.67. The van der Waals surface area contributed by atoms with Gasteiger partial charge in [-0.15, -0.1) is 0 Å². The molecule has 1 atom stereocenters. The van der Waals surface area contributed by atoms with Gasteiger partial charge < -0.3 is 4.74 Å². The predicted octanol–water partition coefficient (Wildman–Crippen LogP) is 6.42. The number of esters is 1. The molecule has 0 fully saturated rings.